The van der Waals surface area contributed by atoms with E-state index in [4.69, 9.17) is 18.9 Å². The Bertz CT molecular complexity index is 942. The quantitative estimate of drug-likeness (QED) is 0.757. The third kappa shape index (κ3) is 1.68. The van der Waals surface area contributed by atoms with Gasteiger partial charge in [-0.05, 0) is 41.3 Å². The molecule has 4 aliphatic rings. The van der Waals surface area contributed by atoms with Crippen molar-refractivity contribution in [3.05, 3.63) is 46.5 Å². The van der Waals surface area contributed by atoms with Crippen molar-refractivity contribution in [1.82, 2.24) is 5.32 Å². The van der Waals surface area contributed by atoms with Crippen LogP contribution in [0.15, 0.2) is 24.3 Å². The molecular formula is C20H19NO5. The van der Waals surface area contributed by atoms with Gasteiger partial charge >= 0.3 is 0 Å². The monoisotopic (exact) mass is 353 g/mol. The lowest BCUT2D eigenvalue weighted by Crippen LogP contribution is -2.54. The number of ether oxygens (including phenoxy) is 4. The first-order valence-corrected chi connectivity index (χ1v) is 8.92. The van der Waals surface area contributed by atoms with E-state index in [0.29, 0.717) is 13.0 Å². The van der Waals surface area contributed by atoms with Gasteiger partial charge in [0.25, 0.3) is 0 Å². The van der Waals surface area contributed by atoms with Crippen molar-refractivity contribution >= 4 is 0 Å². The summed E-state index contributed by atoms with van der Waals surface area (Å²) in [6, 6.07) is 8.10. The molecule has 2 aromatic carbocycles. The lowest BCUT2D eigenvalue weighted by molar-refractivity contribution is 0.0463. The van der Waals surface area contributed by atoms with Crippen LogP contribution < -0.4 is 24.3 Å². The predicted molar refractivity (Wildman–Crippen MR) is 91.8 cm³/mol. The number of rotatable bonds is 0. The molecule has 3 heterocycles. The normalized spacial score (nSPS) is 29.8. The number of hydrogen-bond acceptors (Lipinski definition) is 6. The highest BCUT2D eigenvalue weighted by Gasteiger charge is 2.51. The molecule has 1 aliphatic carbocycles. The molecule has 3 aliphatic heterocycles. The van der Waals surface area contributed by atoms with Crippen molar-refractivity contribution in [2.24, 2.45) is 0 Å². The fourth-order valence-corrected chi connectivity index (χ4v) is 4.95. The first kappa shape index (κ1) is 14.7. The smallest absolute Gasteiger partial charge is 0.231 e. The molecule has 26 heavy (non-hydrogen) atoms. The number of nitrogens with one attached hydrogen (secondary N) is 1. The van der Waals surface area contributed by atoms with E-state index in [2.05, 4.69) is 24.4 Å². The minimum absolute atomic E-state index is 0.0105. The van der Waals surface area contributed by atoms with Crippen LogP contribution in [0, 0.1) is 0 Å². The standard InChI is InChI=1S/C20H19NO5/c1-20-13-2-3-14-18(26-9-23-14)12(13)7-21-19(20)11-6-16-15(24-8-25-16)4-10(11)5-17(20)22/h2-4,6,17,19,21-22H,5,7-9H2,1H3/t17-,19-,20-/m0/s1. The average Bonchev–Trinajstić information content (AvgIpc) is 3.29. The maximum atomic E-state index is 11.2. The fraction of sp³-hybridized carbons (Fsp3) is 0.400. The molecule has 0 aromatic heterocycles. The van der Waals surface area contributed by atoms with Crippen molar-refractivity contribution in [1.29, 1.82) is 0 Å². The third-order valence-corrected chi connectivity index (χ3v) is 6.36. The molecule has 0 fully saturated rings. The van der Waals surface area contributed by atoms with Crippen molar-refractivity contribution in [2.45, 2.75) is 37.5 Å². The van der Waals surface area contributed by atoms with E-state index in [1.54, 1.807) is 0 Å². The Hall–Kier alpha value is -2.44. The summed E-state index contributed by atoms with van der Waals surface area (Å²) in [7, 11) is 0. The molecule has 0 saturated carbocycles. The number of hydrogen-bond donors (Lipinski definition) is 2. The molecular weight excluding hydrogens is 334 g/mol. The van der Waals surface area contributed by atoms with Crippen LogP contribution >= 0.6 is 0 Å². The van der Waals surface area contributed by atoms with Crippen LogP contribution in [0.1, 0.15) is 35.2 Å². The summed E-state index contributed by atoms with van der Waals surface area (Å²) < 4.78 is 22.3. The van der Waals surface area contributed by atoms with E-state index in [0.717, 1.165) is 39.7 Å². The molecule has 3 atom stereocenters. The van der Waals surface area contributed by atoms with E-state index in [1.807, 2.05) is 12.1 Å². The van der Waals surface area contributed by atoms with Gasteiger partial charge in [-0.3, -0.25) is 0 Å². The predicted octanol–water partition coefficient (Wildman–Crippen LogP) is 2.16. The fourth-order valence-electron chi connectivity index (χ4n) is 4.95. The molecule has 6 heteroatoms. The summed E-state index contributed by atoms with van der Waals surface area (Å²) >= 11 is 0. The molecule has 2 aromatic rings. The molecule has 6 rings (SSSR count). The topological polar surface area (TPSA) is 69.2 Å². The Labute approximate surface area is 150 Å². The second-order valence-electron chi connectivity index (χ2n) is 7.55. The van der Waals surface area contributed by atoms with Crippen LogP contribution in [0.2, 0.25) is 0 Å². The molecule has 134 valence electrons. The SMILES string of the molecule is C[C@@]12c3ccc4c(c3CN[C@H]1c1cc3c(cc1C[C@@H]2O)OCO3)OCO4. The van der Waals surface area contributed by atoms with Crippen molar-refractivity contribution in [3.63, 3.8) is 0 Å². The van der Waals surface area contributed by atoms with Crippen molar-refractivity contribution < 1.29 is 24.1 Å². The van der Waals surface area contributed by atoms with Gasteiger partial charge in [-0.25, -0.2) is 0 Å². The van der Waals surface area contributed by atoms with Crippen molar-refractivity contribution in [2.75, 3.05) is 13.6 Å². The number of fused-ring (bicyclic) bond motifs is 8. The van der Waals surface area contributed by atoms with Crippen LogP contribution in [0.5, 0.6) is 23.0 Å². The molecule has 6 nitrogen and oxygen atoms in total. The lowest BCUT2D eigenvalue weighted by Gasteiger charge is -2.50. The maximum Gasteiger partial charge on any atom is 0.231 e. The highest BCUT2D eigenvalue weighted by Crippen LogP contribution is 2.54. The zero-order valence-corrected chi connectivity index (χ0v) is 14.4. The third-order valence-electron chi connectivity index (χ3n) is 6.36. The Kier molecular flexibility index (Phi) is 2.74. The highest BCUT2D eigenvalue weighted by atomic mass is 16.7. The molecule has 0 spiro atoms. The first-order valence-electron chi connectivity index (χ1n) is 8.92. The summed E-state index contributed by atoms with van der Waals surface area (Å²) in [6.07, 6.45) is 0.0569. The van der Waals surface area contributed by atoms with E-state index in [-0.39, 0.29) is 19.6 Å². The zero-order valence-electron chi connectivity index (χ0n) is 14.4. The maximum absolute atomic E-state index is 11.2. The van der Waals surface area contributed by atoms with E-state index in [1.165, 1.54) is 5.56 Å². The van der Waals surface area contributed by atoms with Crippen LogP contribution in [0.4, 0.5) is 0 Å². The van der Waals surface area contributed by atoms with Gasteiger partial charge < -0.3 is 29.4 Å². The Morgan fingerprint density at radius 3 is 2.69 bits per heavy atom. The van der Waals surface area contributed by atoms with Gasteiger partial charge in [0, 0.05) is 23.6 Å². The van der Waals surface area contributed by atoms with E-state index < -0.39 is 11.5 Å². The van der Waals surface area contributed by atoms with Gasteiger partial charge in [0.2, 0.25) is 13.6 Å². The summed E-state index contributed by atoms with van der Waals surface area (Å²) in [5, 5.41) is 14.8. The van der Waals surface area contributed by atoms with E-state index in [9.17, 15) is 5.11 Å². The molecule has 0 bridgehead atoms. The molecule has 0 amide bonds. The number of benzene rings is 2. The van der Waals surface area contributed by atoms with Crippen molar-refractivity contribution in [3.8, 4) is 23.0 Å². The van der Waals surface area contributed by atoms with E-state index >= 15 is 0 Å². The minimum Gasteiger partial charge on any atom is -0.454 e. The molecule has 0 saturated heterocycles. The Morgan fingerprint density at radius 1 is 1.04 bits per heavy atom. The highest BCUT2D eigenvalue weighted by molar-refractivity contribution is 5.59. The zero-order chi connectivity index (χ0) is 17.5. The molecule has 0 unspecified atom stereocenters. The minimum atomic E-state index is -0.521. The Morgan fingerprint density at radius 2 is 1.81 bits per heavy atom. The largest absolute Gasteiger partial charge is 0.454 e. The summed E-state index contributed by atoms with van der Waals surface area (Å²) in [4.78, 5) is 0. The first-order chi connectivity index (χ1) is 12.7. The van der Waals surface area contributed by atoms with Gasteiger partial charge in [-0.1, -0.05) is 13.0 Å². The summed E-state index contributed by atoms with van der Waals surface area (Å²) in [6.45, 7) is 3.30. The average molecular weight is 353 g/mol. The Balaban J connectivity index is 1.54. The molecule has 0 radical (unpaired) electrons. The second-order valence-corrected chi connectivity index (χ2v) is 7.55. The van der Waals surface area contributed by atoms with Gasteiger partial charge in [-0.2, -0.15) is 0 Å². The van der Waals surface area contributed by atoms with Gasteiger partial charge in [0.05, 0.1) is 6.10 Å². The van der Waals surface area contributed by atoms with Gasteiger partial charge in [0.15, 0.2) is 23.0 Å². The lowest BCUT2D eigenvalue weighted by atomic mass is 9.61. The van der Waals surface area contributed by atoms with Gasteiger partial charge in [0.1, 0.15) is 0 Å². The molecule has 2 N–H and O–H groups in total. The number of aliphatic hydroxyl groups excluding tert-OH is 1. The van der Waals surface area contributed by atoms with Crippen LogP contribution in [0.25, 0.3) is 0 Å². The summed E-state index contributed by atoms with van der Waals surface area (Å²) in [5.41, 5.74) is 4.03. The second kappa shape index (κ2) is 4.84. The summed E-state index contributed by atoms with van der Waals surface area (Å²) in [5.74, 6) is 3.12. The van der Waals surface area contributed by atoms with Crippen LogP contribution in [-0.4, -0.2) is 24.8 Å². The van der Waals surface area contributed by atoms with Crippen LogP contribution in [-0.2, 0) is 18.4 Å². The van der Waals surface area contributed by atoms with Crippen LogP contribution in [0.3, 0.4) is 0 Å². The van der Waals surface area contributed by atoms with Gasteiger partial charge in [-0.15, -0.1) is 0 Å². The number of aliphatic hydroxyl groups is 1.